The van der Waals surface area contributed by atoms with Gasteiger partial charge in [-0.25, -0.2) is 0 Å². The molecule has 0 spiro atoms. The van der Waals surface area contributed by atoms with Crippen LogP contribution in [0.5, 0.6) is 5.75 Å². The molecule has 1 saturated heterocycles. The first kappa shape index (κ1) is 16.3. The number of nitrogens with one attached hydrogen (secondary N) is 1. The zero-order valence-corrected chi connectivity index (χ0v) is 13.1. The van der Waals surface area contributed by atoms with Gasteiger partial charge in [0.15, 0.2) is 0 Å². The summed E-state index contributed by atoms with van der Waals surface area (Å²) in [6.07, 6.45) is 3.14. The van der Waals surface area contributed by atoms with Gasteiger partial charge in [-0.1, -0.05) is 25.5 Å². The number of hydrogen-bond donors (Lipinski definition) is 2. The molecule has 0 amide bonds. The molecule has 4 heteroatoms. The van der Waals surface area contributed by atoms with Crippen LogP contribution in [0, 0.1) is 0 Å². The summed E-state index contributed by atoms with van der Waals surface area (Å²) >= 11 is 0. The smallest absolute Gasteiger partial charge is 0.119 e. The molecule has 4 nitrogen and oxygen atoms in total. The second-order valence-corrected chi connectivity index (χ2v) is 5.76. The number of hydrogen-bond acceptors (Lipinski definition) is 4. The molecule has 1 aliphatic heterocycles. The summed E-state index contributed by atoms with van der Waals surface area (Å²) in [4.78, 5) is 2.28. The van der Waals surface area contributed by atoms with E-state index in [9.17, 15) is 5.11 Å². The van der Waals surface area contributed by atoms with Crippen molar-refractivity contribution in [3.8, 4) is 5.75 Å². The van der Waals surface area contributed by atoms with Crippen molar-refractivity contribution in [2.24, 2.45) is 0 Å². The van der Waals surface area contributed by atoms with Crippen LogP contribution in [-0.4, -0.2) is 55.4 Å². The van der Waals surface area contributed by atoms with E-state index >= 15 is 0 Å². The Labute approximate surface area is 128 Å². The molecule has 0 aromatic heterocycles. The Bertz CT molecular complexity index is 388. The largest absolute Gasteiger partial charge is 0.491 e. The number of aliphatic hydroxyl groups excluding tert-OH is 1. The lowest BCUT2D eigenvalue weighted by Gasteiger charge is -2.29. The van der Waals surface area contributed by atoms with Gasteiger partial charge in [-0.05, 0) is 30.5 Å². The van der Waals surface area contributed by atoms with Crippen molar-refractivity contribution in [2.45, 2.75) is 32.3 Å². The van der Waals surface area contributed by atoms with Crippen LogP contribution in [0.1, 0.15) is 25.3 Å². The third-order valence-corrected chi connectivity index (χ3v) is 3.86. The number of nitrogens with zero attached hydrogens (tertiary/aromatic N) is 1. The Morgan fingerprint density at radius 2 is 1.95 bits per heavy atom. The average molecular weight is 292 g/mol. The van der Waals surface area contributed by atoms with E-state index < -0.39 is 6.10 Å². The second kappa shape index (κ2) is 9.03. The first-order chi connectivity index (χ1) is 10.3. The minimum Gasteiger partial charge on any atom is -0.491 e. The Morgan fingerprint density at radius 1 is 1.24 bits per heavy atom. The number of β-amino-alcohol motifs (C(OH)–C–C–N with tert-alkyl or cyclic N) is 1. The van der Waals surface area contributed by atoms with Crippen molar-refractivity contribution in [3.63, 3.8) is 0 Å². The summed E-state index contributed by atoms with van der Waals surface area (Å²) < 4.78 is 5.68. The summed E-state index contributed by atoms with van der Waals surface area (Å²) in [5.74, 6) is 0.842. The molecule has 0 aliphatic carbocycles. The normalized spacial score (nSPS) is 17.6. The van der Waals surface area contributed by atoms with Crippen LogP contribution in [0.25, 0.3) is 0 Å². The fraction of sp³-hybridized carbons (Fsp3) is 0.647. The average Bonchev–Trinajstić information content (AvgIpc) is 2.53. The highest BCUT2D eigenvalue weighted by Gasteiger charge is 2.14. The quantitative estimate of drug-likeness (QED) is 0.765. The monoisotopic (exact) mass is 292 g/mol. The molecule has 1 fully saturated rings. The van der Waals surface area contributed by atoms with Crippen LogP contribution >= 0.6 is 0 Å². The summed E-state index contributed by atoms with van der Waals surface area (Å²) in [6.45, 7) is 7.28. The predicted octanol–water partition coefficient (Wildman–Crippen LogP) is 1.67. The standard InChI is InChI=1S/C17H28N2O2/c1-2-3-4-15-5-7-17(8-6-15)21-14-16(20)13-19-11-9-18-10-12-19/h5-8,16,18,20H,2-4,9-14H2,1H3. The van der Waals surface area contributed by atoms with Gasteiger partial charge in [0, 0.05) is 32.7 Å². The number of piperazine rings is 1. The molecular formula is C17H28N2O2. The number of benzene rings is 1. The highest BCUT2D eigenvalue weighted by Crippen LogP contribution is 2.14. The number of aryl methyl sites for hydroxylation is 1. The van der Waals surface area contributed by atoms with Gasteiger partial charge in [0.25, 0.3) is 0 Å². The summed E-state index contributed by atoms with van der Waals surface area (Å²) in [5.41, 5.74) is 1.35. The molecule has 0 radical (unpaired) electrons. The molecule has 0 bridgehead atoms. The van der Waals surface area contributed by atoms with Crippen molar-refractivity contribution in [3.05, 3.63) is 29.8 Å². The molecule has 2 rings (SSSR count). The minimum absolute atomic E-state index is 0.359. The van der Waals surface area contributed by atoms with Crippen LogP contribution in [0.4, 0.5) is 0 Å². The number of unbranched alkanes of at least 4 members (excludes halogenated alkanes) is 1. The van der Waals surface area contributed by atoms with Crippen molar-refractivity contribution in [2.75, 3.05) is 39.3 Å². The topological polar surface area (TPSA) is 44.7 Å². The molecule has 0 saturated carbocycles. The molecule has 118 valence electrons. The lowest BCUT2D eigenvalue weighted by atomic mass is 10.1. The van der Waals surface area contributed by atoms with Gasteiger partial charge in [0.05, 0.1) is 0 Å². The number of rotatable bonds is 8. The molecule has 1 atom stereocenters. The molecule has 1 aromatic carbocycles. The molecule has 21 heavy (non-hydrogen) atoms. The third kappa shape index (κ3) is 6.04. The summed E-state index contributed by atoms with van der Waals surface area (Å²) in [6, 6.07) is 8.24. The fourth-order valence-corrected chi connectivity index (χ4v) is 2.57. The van der Waals surface area contributed by atoms with Gasteiger partial charge < -0.3 is 15.2 Å². The lowest BCUT2D eigenvalue weighted by Crippen LogP contribution is -2.47. The second-order valence-electron chi connectivity index (χ2n) is 5.76. The van der Waals surface area contributed by atoms with E-state index in [1.165, 1.54) is 18.4 Å². The van der Waals surface area contributed by atoms with Crippen LogP contribution in [0.15, 0.2) is 24.3 Å². The van der Waals surface area contributed by atoms with Crippen LogP contribution < -0.4 is 10.1 Å². The van der Waals surface area contributed by atoms with Crippen LogP contribution in [0.3, 0.4) is 0 Å². The Hall–Kier alpha value is -1.10. The van der Waals surface area contributed by atoms with Crippen LogP contribution in [-0.2, 0) is 6.42 Å². The molecule has 1 unspecified atom stereocenters. The van der Waals surface area contributed by atoms with E-state index in [4.69, 9.17) is 4.74 Å². The van der Waals surface area contributed by atoms with Crippen molar-refractivity contribution in [1.29, 1.82) is 0 Å². The molecule has 2 N–H and O–H groups in total. The number of ether oxygens (including phenoxy) is 1. The van der Waals surface area contributed by atoms with E-state index in [-0.39, 0.29) is 0 Å². The third-order valence-electron chi connectivity index (χ3n) is 3.86. The van der Waals surface area contributed by atoms with Crippen molar-refractivity contribution in [1.82, 2.24) is 10.2 Å². The zero-order valence-electron chi connectivity index (χ0n) is 13.1. The first-order valence-electron chi connectivity index (χ1n) is 8.11. The van der Waals surface area contributed by atoms with Gasteiger partial charge >= 0.3 is 0 Å². The van der Waals surface area contributed by atoms with Gasteiger partial charge in [-0.15, -0.1) is 0 Å². The van der Waals surface area contributed by atoms with Gasteiger partial charge in [0.2, 0.25) is 0 Å². The fourth-order valence-electron chi connectivity index (χ4n) is 2.57. The van der Waals surface area contributed by atoms with Gasteiger partial charge in [-0.2, -0.15) is 0 Å². The lowest BCUT2D eigenvalue weighted by molar-refractivity contribution is 0.0641. The first-order valence-corrected chi connectivity index (χ1v) is 8.11. The molecule has 1 aromatic rings. The molecular weight excluding hydrogens is 264 g/mol. The van der Waals surface area contributed by atoms with Gasteiger partial charge in [0.1, 0.15) is 18.5 Å². The maximum absolute atomic E-state index is 10.0. The van der Waals surface area contributed by atoms with E-state index in [2.05, 4.69) is 29.3 Å². The van der Waals surface area contributed by atoms with Crippen molar-refractivity contribution < 1.29 is 9.84 Å². The maximum atomic E-state index is 10.0. The summed E-state index contributed by atoms with van der Waals surface area (Å²) in [5, 5.41) is 13.4. The molecule has 1 aliphatic rings. The van der Waals surface area contributed by atoms with E-state index in [1.807, 2.05) is 12.1 Å². The van der Waals surface area contributed by atoms with E-state index in [1.54, 1.807) is 0 Å². The number of aliphatic hydroxyl groups is 1. The van der Waals surface area contributed by atoms with Gasteiger partial charge in [-0.3, -0.25) is 4.90 Å². The van der Waals surface area contributed by atoms with E-state index in [0.29, 0.717) is 13.2 Å². The van der Waals surface area contributed by atoms with Crippen molar-refractivity contribution >= 4 is 0 Å². The Kier molecular flexibility index (Phi) is 7.00. The van der Waals surface area contributed by atoms with E-state index in [0.717, 1.165) is 38.3 Å². The minimum atomic E-state index is -0.428. The van der Waals surface area contributed by atoms with Crippen LogP contribution in [0.2, 0.25) is 0 Å². The highest BCUT2D eigenvalue weighted by atomic mass is 16.5. The Balaban J connectivity index is 1.69. The maximum Gasteiger partial charge on any atom is 0.119 e. The highest BCUT2D eigenvalue weighted by molar-refractivity contribution is 5.27. The molecule has 1 heterocycles. The zero-order chi connectivity index (χ0) is 14.9. The SMILES string of the molecule is CCCCc1ccc(OCC(O)CN2CCNCC2)cc1. The summed E-state index contributed by atoms with van der Waals surface area (Å²) in [7, 11) is 0. The predicted molar refractivity (Wildman–Crippen MR) is 85.9 cm³/mol. The Morgan fingerprint density at radius 3 is 2.62 bits per heavy atom.